The summed E-state index contributed by atoms with van der Waals surface area (Å²) in [6.07, 6.45) is 2.08. The van der Waals surface area contributed by atoms with Gasteiger partial charge in [0.1, 0.15) is 5.75 Å². The van der Waals surface area contributed by atoms with Crippen LogP contribution in [0.4, 0.5) is 0 Å². The average molecular weight is 287 g/mol. The van der Waals surface area contributed by atoms with Gasteiger partial charge >= 0.3 is 0 Å². The third-order valence-electron chi connectivity index (χ3n) is 2.51. The number of fused-ring (bicyclic) bond motifs is 1. The molecule has 0 aromatic heterocycles. The van der Waals surface area contributed by atoms with Gasteiger partial charge in [0.2, 0.25) is 0 Å². The molecule has 0 saturated carbocycles. The van der Waals surface area contributed by atoms with Crippen LogP contribution in [0.15, 0.2) is 12.1 Å². The fourth-order valence-corrected chi connectivity index (χ4v) is 1.95. The Balaban J connectivity index is 2.31. The predicted octanol–water partition coefficient (Wildman–Crippen LogP) is 2.79. The molecule has 1 aliphatic rings. The van der Waals surface area contributed by atoms with E-state index in [2.05, 4.69) is 15.9 Å². The largest absolute Gasteiger partial charge is 0.497 e. The smallest absolute Gasteiger partial charge is 0.165 e. The highest BCUT2D eigenvalue weighted by Crippen LogP contribution is 2.38. The quantitative estimate of drug-likeness (QED) is 0.797. The molecular formula is C12H15BrO3. The fourth-order valence-electron chi connectivity index (χ4n) is 1.79. The van der Waals surface area contributed by atoms with E-state index >= 15 is 0 Å². The molecule has 2 rings (SSSR count). The minimum Gasteiger partial charge on any atom is -0.497 e. The highest BCUT2D eigenvalue weighted by molar-refractivity contribution is 9.09. The minimum absolute atomic E-state index is 0.628. The lowest BCUT2D eigenvalue weighted by atomic mass is 10.1. The van der Waals surface area contributed by atoms with E-state index in [0.717, 1.165) is 42.0 Å². The Labute approximate surface area is 104 Å². The maximum Gasteiger partial charge on any atom is 0.165 e. The van der Waals surface area contributed by atoms with E-state index in [0.29, 0.717) is 6.61 Å². The zero-order chi connectivity index (χ0) is 11.4. The van der Waals surface area contributed by atoms with E-state index in [1.807, 2.05) is 12.1 Å². The van der Waals surface area contributed by atoms with Crippen LogP contribution in [0.1, 0.15) is 12.0 Å². The van der Waals surface area contributed by atoms with E-state index in [1.54, 1.807) is 7.11 Å². The maximum atomic E-state index is 5.66. The van der Waals surface area contributed by atoms with E-state index in [4.69, 9.17) is 14.2 Å². The molecule has 0 fully saturated rings. The summed E-state index contributed by atoms with van der Waals surface area (Å²) >= 11 is 3.34. The molecule has 0 saturated heterocycles. The van der Waals surface area contributed by atoms with Gasteiger partial charge in [0, 0.05) is 17.0 Å². The molecule has 1 heterocycles. The Hall–Kier alpha value is -0.900. The Kier molecular flexibility index (Phi) is 3.93. The number of methoxy groups -OCH3 is 1. The topological polar surface area (TPSA) is 27.7 Å². The Morgan fingerprint density at radius 1 is 1.44 bits per heavy atom. The van der Waals surface area contributed by atoms with Crippen molar-refractivity contribution in [1.29, 1.82) is 0 Å². The van der Waals surface area contributed by atoms with Gasteiger partial charge in [-0.3, -0.25) is 0 Å². The van der Waals surface area contributed by atoms with Crippen molar-refractivity contribution in [1.82, 2.24) is 0 Å². The lowest BCUT2D eigenvalue weighted by Crippen LogP contribution is -2.11. The second-order valence-electron chi connectivity index (χ2n) is 3.60. The normalized spacial score (nSPS) is 13.9. The summed E-state index contributed by atoms with van der Waals surface area (Å²) in [6, 6.07) is 3.91. The molecule has 16 heavy (non-hydrogen) atoms. The van der Waals surface area contributed by atoms with E-state index in [-0.39, 0.29) is 0 Å². The van der Waals surface area contributed by atoms with Crippen LogP contribution in [-0.4, -0.2) is 25.7 Å². The van der Waals surface area contributed by atoms with E-state index in [1.165, 1.54) is 5.56 Å². The second kappa shape index (κ2) is 5.43. The Bertz CT molecular complexity index is 366. The highest BCUT2D eigenvalue weighted by atomic mass is 79.9. The molecule has 1 aromatic carbocycles. The first kappa shape index (κ1) is 11.6. The molecule has 0 bridgehead atoms. The van der Waals surface area contributed by atoms with E-state index in [9.17, 15) is 0 Å². The Morgan fingerprint density at radius 2 is 2.31 bits per heavy atom. The first-order valence-corrected chi connectivity index (χ1v) is 6.49. The number of hydrogen-bond acceptors (Lipinski definition) is 3. The van der Waals surface area contributed by atoms with Crippen LogP contribution in [-0.2, 0) is 6.42 Å². The zero-order valence-corrected chi connectivity index (χ0v) is 10.9. The van der Waals surface area contributed by atoms with Gasteiger partial charge in [0.15, 0.2) is 11.5 Å². The van der Waals surface area contributed by atoms with Crippen molar-refractivity contribution < 1.29 is 14.2 Å². The van der Waals surface area contributed by atoms with Gasteiger partial charge in [0.05, 0.1) is 20.3 Å². The molecular weight excluding hydrogens is 272 g/mol. The average Bonchev–Trinajstić information content (AvgIpc) is 2.35. The third kappa shape index (κ3) is 2.43. The Morgan fingerprint density at radius 3 is 3.06 bits per heavy atom. The van der Waals surface area contributed by atoms with Gasteiger partial charge in [-0.15, -0.1) is 0 Å². The van der Waals surface area contributed by atoms with Gasteiger partial charge in [-0.05, 0) is 18.9 Å². The van der Waals surface area contributed by atoms with Gasteiger partial charge in [0.25, 0.3) is 0 Å². The van der Waals surface area contributed by atoms with Crippen molar-refractivity contribution in [2.75, 3.05) is 25.7 Å². The predicted molar refractivity (Wildman–Crippen MR) is 66.1 cm³/mol. The van der Waals surface area contributed by atoms with Crippen LogP contribution in [0.5, 0.6) is 17.2 Å². The van der Waals surface area contributed by atoms with Crippen molar-refractivity contribution in [2.45, 2.75) is 12.8 Å². The van der Waals surface area contributed by atoms with Gasteiger partial charge in [-0.1, -0.05) is 15.9 Å². The third-order valence-corrected chi connectivity index (χ3v) is 2.84. The SMILES string of the molecule is COc1cc2c(c(OCCBr)c1)OCCC2. The molecule has 0 unspecified atom stereocenters. The summed E-state index contributed by atoms with van der Waals surface area (Å²) in [5, 5.41) is 0.805. The minimum atomic E-state index is 0.628. The molecule has 88 valence electrons. The first-order chi connectivity index (χ1) is 7.85. The van der Waals surface area contributed by atoms with E-state index < -0.39 is 0 Å². The summed E-state index contributed by atoms with van der Waals surface area (Å²) in [7, 11) is 1.67. The molecule has 0 N–H and O–H groups in total. The molecule has 1 aliphatic heterocycles. The van der Waals surface area contributed by atoms with Crippen molar-refractivity contribution in [2.24, 2.45) is 0 Å². The number of aryl methyl sites for hydroxylation is 1. The molecule has 0 aliphatic carbocycles. The molecule has 0 radical (unpaired) electrons. The summed E-state index contributed by atoms with van der Waals surface area (Å²) in [4.78, 5) is 0. The summed E-state index contributed by atoms with van der Waals surface area (Å²) in [5.41, 5.74) is 1.18. The van der Waals surface area contributed by atoms with Crippen LogP contribution >= 0.6 is 15.9 Å². The number of rotatable bonds is 4. The summed E-state index contributed by atoms with van der Waals surface area (Å²) in [5.74, 6) is 2.50. The molecule has 3 nitrogen and oxygen atoms in total. The molecule has 0 spiro atoms. The summed E-state index contributed by atoms with van der Waals surface area (Å²) < 4.78 is 16.6. The molecule has 1 aromatic rings. The van der Waals surface area contributed by atoms with Crippen molar-refractivity contribution >= 4 is 15.9 Å². The van der Waals surface area contributed by atoms with Gasteiger partial charge in [-0.25, -0.2) is 0 Å². The van der Waals surface area contributed by atoms with Gasteiger partial charge < -0.3 is 14.2 Å². The zero-order valence-electron chi connectivity index (χ0n) is 9.29. The standard InChI is InChI=1S/C12H15BrO3/c1-14-10-7-9-3-2-5-16-12(9)11(8-10)15-6-4-13/h7-8H,2-6H2,1H3. The van der Waals surface area contributed by atoms with Crippen LogP contribution in [0.25, 0.3) is 0 Å². The number of ether oxygens (including phenoxy) is 3. The van der Waals surface area contributed by atoms with Crippen LogP contribution < -0.4 is 14.2 Å². The van der Waals surface area contributed by atoms with Crippen LogP contribution in [0.3, 0.4) is 0 Å². The van der Waals surface area contributed by atoms with Crippen molar-refractivity contribution in [3.63, 3.8) is 0 Å². The second-order valence-corrected chi connectivity index (χ2v) is 4.40. The number of alkyl halides is 1. The van der Waals surface area contributed by atoms with Crippen molar-refractivity contribution in [3.05, 3.63) is 17.7 Å². The highest BCUT2D eigenvalue weighted by Gasteiger charge is 2.17. The lowest BCUT2D eigenvalue weighted by molar-refractivity contribution is 0.256. The number of hydrogen-bond donors (Lipinski definition) is 0. The number of benzene rings is 1. The van der Waals surface area contributed by atoms with Crippen molar-refractivity contribution in [3.8, 4) is 17.2 Å². The fraction of sp³-hybridized carbons (Fsp3) is 0.500. The number of halogens is 1. The van der Waals surface area contributed by atoms with Crippen LogP contribution in [0, 0.1) is 0 Å². The summed E-state index contributed by atoms with van der Waals surface area (Å²) in [6.45, 7) is 1.40. The van der Waals surface area contributed by atoms with Gasteiger partial charge in [-0.2, -0.15) is 0 Å². The molecule has 0 atom stereocenters. The monoisotopic (exact) mass is 286 g/mol. The molecule has 4 heteroatoms. The maximum absolute atomic E-state index is 5.66. The lowest BCUT2D eigenvalue weighted by Gasteiger charge is -2.21. The first-order valence-electron chi connectivity index (χ1n) is 5.37. The van der Waals surface area contributed by atoms with Crippen LogP contribution in [0.2, 0.25) is 0 Å². The molecule has 0 amide bonds.